The number of amides is 1. The minimum atomic E-state index is -4.97. The minimum absolute atomic E-state index is 0.0244. The normalized spacial score (nSPS) is 23.7. The van der Waals surface area contributed by atoms with Crippen molar-refractivity contribution in [3.8, 4) is 5.75 Å². The first-order valence-electron chi connectivity index (χ1n) is 4.30. The molecule has 1 aliphatic heterocycles. The number of hydrogen-bond acceptors (Lipinski definition) is 2. The largest absolute Gasteiger partial charge is 0.421 e. The molecular weight excluding hydrogens is 282 g/mol. The first-order chi connectivity index (χ1) is 7.76. The van der Waals surface area contributed by atoms with Gasteiger partial charge in [-0.15, -0.1) is 0 Å². The molecule has 1 aromatic carbocycles. The lowest BCUT2D eigenvalue weighted by Gasteiger charge is -2.33. The van der Waals surface area contributed by atoms with E-state index in [1.807, 2.05) is 0 Å². The molecule has 1 N–H and O–H groups in total. The zero-order chi connectivity index (χ0) is 12.8. The molecule has 0 aromatic heterocycles. The predicted octanol–water partition coefficient (Wildman–Crippen LogP) is 2.76. The SMILES string of the molecule is O=C1NOc2ccc(Cl)cc2C1(Cl)C(F)(F)F. The number of carbonyl (C=O) groups is 1. The van der Waals surface area contributed by atoms with Gasteiger partial charge in [0.25, 0.3) is 5.91 Å². The Morgan fingerprint density at radius 1 is 1.35 bits per heavy atom. The van der Waals surface area contributed by atoms with Gasteiger partial charge in [0.2, 0.25) is 4.87 Å². The molecule has 0 fully saturated rings. The number of fused-ring (bicyclic) bond motifs is 1. The van der Waals surface area contributed by atoms with Crippen LogP contribution >= 0.6 is 23.2 Å². The highest BCUT2D eigenvalue weighted by Crippen LogP contribution is 2.50. The lowest BCUT2D eigenvalue weighted by Crippen LogP contribution is -2.54. The molecule has 3 nitrogen and oxygen atoms in total. The highest BCUT2D eigenvalue weighted by Gasteiger charge is 2.63. The summed E-state index contributed by atoms with van der Waals surface area (Å²) in [5, 5.41) is 0.0244. The van der Waals surface area contributed by atoms with Gasteiger partial charge in [0.05, 0.1) is 0 Å². The number of alkyl halides is 4. The van der Waals surface area contributed by atoms with Gasteiger partial charge < -0.3 is 4.84 Å². The Morgan fingerprint density at radius 2 is 2.00 bits per heavy atom. The summed E-state index contributed by atoms with van der Waals surface area (Å²) in [6.07, 6.45) is -4.97. The van der Waals surface area contributed by atoms with E-state index < -0.39 is 22.5 Å². The monoisotopic (exact) mass is 285 g/mol. The van der Waals surface area contributed by atoms with Crippen LogP contribution < -0.4 is 10.3 Å². The van der Waals surface area contributed by atoms with Crippen molar-refractivity contribution < 1.29 is 22.8 Å². The Labute approximate surface area is 103 Å². The fourth-order valence-corrected chi connectivity index (χ4v) is 1.79. The van der Waals surface area contributed by atoms with Crippen molar-refractivity contribution in [2.45, 2.75) is 11.1 Å². The summed E-state index contributed by atoms with van der Waals surface area (Å²) in [7, 11) is 0. The maximum atomic E-state index is 12.9. The molecule has 0 radical (unpaired) electrons. The molecule has 2 rings (SSSR count). The van der Waals surface area contributed by atoms with Crippen molar-refractivity contribution in [1.82, 2.24) is 5.48 Å². The Kier molecular flexibility index (Phi) is 2.67. The topological polar surface area (TPSA) is 38.3 Å². The van der Waals surface area contributed by atoms with Crippen LogP contribution in [0.4, 0.5) is 13.2 Å². The van der Waals surface area contributed by atoms with Crippen LogP contribution in [0.25, 0.3) is 0 Å². The maximum absolute atomic E-state index is 12.9. The Morgan fingerprint density at radius 3 is 2.59 bits per heavy atom. The molecule has 0 aliphatic carbocycles. The third-order valence-electron chi connectivity index (χ3n) is 2.27. The van der Waals surface area contributed by atoms with Crippen molar-refractivity contribution in [2.24, 2.45) is 0 Å². The maximum Gasteiger partial charge on any atom is 0.421 e. The molecule has 17 heavy (non-hydrogen) atoms. The fourth-order valence-electron chi connectivity index (χ4n) is 1.44. The van der Waals surface area contributed by atoms with Gasteiger partial charge in [-0.3, -0.25) is 4.79 Å². The van der Waals surface area contributed by atoms with Gasteiger partial charge in [-0.05, 0) is 18.2 Å². The lowest BCUT2D eigenvalue weighted by molar-refractivity contribution is -0.183. The highest BCUT2D eigenvalue weighted by atomic mass is 35.5. The summed E-state index contributed by atoms with van der Waals surface area (Å²) in [6.45, 7) is 0. The van der Waals surface area contributed by atoms with E-state index in [9.17, 15) is 18.0 Å². The average molecular weight is 286 g/mol. The molecule has 1 heterocycles. The van der Waals surface area contributed by atoms with Crippen molar-refractivity contribution >= 4 is 29.1 Å². The zero-order valence-corrected chi connectivity index (χ0v) is 9.45. The number of benzene rings is 1. The van der Waals surface area contributed by atoms with E-state index in [2.05, 4.69) is 4.84 Å². The van der Waals surface area contributed by atoms with E-state index in [1.165, 1.54) is 12.1 Å². The quantitative estimate of drug-likeness (QED) is 0.745. The summed E-state index contributed by atoms with van der Waals surface area (Å²) in [5.41, 5.74) is 1.10. The van der Waals surface area contributed by atoms with Gasteiger partial charge in [0, 0.05) is 10.6 Å². The van der Waals surface area contributed by atoms with Crippen LogP contribution in [0.3, 0.4) is 0 Å². The van der Waals surface area contributed by atoms with E-state index >= 15 is 0 Å². The second-order valence-electron chi connectivity index (χ2n) is 3.33. The summed E-state index contributed by atoms with van der Waals surface area (Å²) in [4.78, 5) is 12.8. The molecule has 1 aromatic rings. The molecule has 0 spiro atoms. The van der Waals surface area contributed by atoms with E-state index in [0.29, 0.717) is 0 Å². The van der Waals surface area contributed by atoms with Gasteiger partial charge in [-0.1, -0.05) is 23.2 Å². The first kappa shape index (κ1) is 12.3. The van der Waals surface area contributed by atoms with Crippen molar-refractivity contribution in [3.63, 3.8) is 0 Å². The van der Waals surface area contributed by atoms with Crippen molar-refractivity contribution in [3.05, 3.63) is 28.8 Å². The smallest absolute Gasteiger partial charge is 0.379 e. The van der Waals surface area contributed by atoms with Gasteiger partial charge >= 0.3 is 6.18 Å². The molecule has 0 saturated heterocycles. The molecular formula is C9H4Cl2F3NO2. The molecule has 1 aliphatic rings. The molecule has 1 unspecified atom stereocenters. The molecule has 8 heteroatoms. The summed E-state index contributed by atoms with van der Waals surface area (Å²) < 4.78 is 38.7. The minimum Gasteiger partial charge on any atom is -0.379 e. The Bertz CT molecular complexity index is 492. The lowest BCUT2D eigenvalue weighted by atomic mass is 9.95. The Hall–Kier alpha value is -1.14. The van der Waals surface area contributed by atoms with Gasteiger partial charge in [-0.2, -0.15) is 18.7 Å². The molecule has 0 bridgehead atoms. The number of halogens is 5. The third-order valence-corrected chi connectivity index (χ3v) is 3.09. The number of hydroxylamine groups is 1. The van der Waals surface area contributed by atoms with Crippen LogP contribution in [-0.4, -0.2) is 12.1 Å². The van der Waals surface area contributed by atoms with E-state index in [0.717, 1.165) is 6.07 Å². The van der Waals surface area contributed by atoms with Crippen LogP contribution in [0.15, 0.2) is 18.2 Å². The number of nitrogens with one attached hydrogen (secondary N) is 1. The highest BCUT2D eigenvalue weighted by molar-refractivity contribution is 6.36. The summed E-state index contributed by atoms with van der Waals surface area (Å²) >= 11 is 11.0. The zero-order valence-electron chi connectivity index (χ0n) is 7.94. The van der Waals surface area contributed by atoms with Gasteiger partial charge in [0.15, 0.2) is 5.75 Å². The van der Waals surface area contributed by atoms with Crippen LogP contribution in [-0.2, 0) is 9.67 Å². The fraction of sp³-hybridized carbons (Fsp3) is 0.222. The summed E-state index contributed by atoms with van der Waals surface area (Å²) in [5.74, 6) is -1.69. The second-order valence-corrected chi connectivity index (χ2v) is 4.33. The summed E-state index contributed by atoms with van der Waals surface area (Å²) in [6, 6.07) is 3.47. The number of carbonyl (C=O) groups excluding carboxylic acids is 1. The standard InChI is InChI=1S/C9H4Cl2F3NO2/c10-4-1-2-6-5(3-4)8(11,9(12,13)14)7(16)15-17-6/h1-3H,(H,15,16). The van der Waals surface area contributed by atoms with Crippen LogP contribution in [0.1, 0.15) is 5.56 Å². The number of hydrogen-bond donors (Lipinski definition) is 1. The van der Waals surface area contributed by atoms with Crippen molar-refractivity contribution in [2.75, 3.05) is 0 Å². The van der Waals surface area contributed by atoms with Crippen LogP contribution in [0.2, 0.25) is 5.02 Å². The van der Waals surface area contributed by atoms with Crippen molar-refractivity contribution in [1.29, 1.82) is 0 Å². The van der Waals surface area contributed by atoms with E-state index in [4.69, 9.17) is 23.2 Å². The predicted molar refractivity (Wildman–Crippen MR) is 53.8 cm³/mol. The molecule has 1 atom stereocenters. The van der Waals surface area contributed by atoms with Gasteiger partial charge in [0.1, 0.15) is 0 Å². The molecule has 92 valence electrons. The van der Waals surface area contributed by atoms with Crippen LogP contribution in [0, 0.1) is 0 Å². The average Bonchev–Trinajstić information content (AvgIpc) is 2.22. The Balaban J connectivity index is 2.69. The van der Waals surface area contributed by atoms with Gasteiger partial charge in [-0.25, -0.2) is 0 Å². The number of rotatable bonds is 0. The van der Waals surface area contributed by atoms with E-state index in [-0.39, 0.29) is 10.8 Å². The second kappa shape index (κ2) is 3.68. The molecule has 0 saturated carbocycles. The third kappa shape index (κ3) is 1.71. The van der Waals surface area contributed by atoms with E-state index in [1.54, 1.807) is 5.48 Å². The first-order valence-corrected chi connectivity index (χ1v) is 5.05. The van der Waals surface area contributed by atoms with Crippen LogP contribution in [0.5, 0.6) is 5.75 Å². The molecule has 1 amide bonds.